The van der Waals surface area contributed by atoms with E-state index in [4.69, 9.17) is 4.74 Å². The van der Waals surface area contributed by atoms with Crippen molar-refractivity contribution in [1.29, 1.82) is 0 Å². The average molecular weight is 338 g/mol. The van der Waals surface area contributed by atoms with E-state index in [1.807, 2.05) is 49.4 Å². The Morgan fingerprint density at radius 2 is 2.00 bits per heavy atom. The summed E-state index contributed by atoms with van der Waals surface area (Å²) in [6, 6.07) is 14.9. The first-order chi connectivity index (χ1) is 12.1. The lowest BCUT2D eigenvalue weighted by molar-refractivity contribution is -0.117. The maximum absolute atomic E-state index is 12.3. The summed E-state index contributed by atoms with van der Waals surface area (Å²) in [5, 5.41) is 2.94. The first-order valence-electron chi connectivity index (χ1n) is 8.36. The van der Waals surface area contributed by atoms with Gasteiger partial charge in [-0.3, -0.25) is 9.59 Å². The Morgan fingerprint density at radius 3 is 2.68 bits per heavy atom. The second-order valence-corrected chi connectivity index (χ2v) is 6.35. The predicted molar refractivity (Wildman–Crippen MR) is 97.0 cm³/mol. The minimum Gasteiger partial charge on any atom is -0.497 e. The molecule has 1 saturated heterocycles. The summed E-state index contributed by atoms with van der Waals surface area (Å²) >= 11 is 0. The van der Waals surface area contributed by atoms with Crippen molar-refractivity contribution in [2.24, 2.45) is 5.92 Å². The van der Waals surface area contributed by atoms with Crippen LogP contribution in [0, 0.1) is 12.8 Å². The number of hydrogen-bond acceptors (Lipinski definition) is 3. The maximum Gasteiger partial charge on any atom is 0.251 e. The third-order valence-corrected chi connectivity index (χ3v) is 4.42. The van der Waals surface area contributed by atoms with E-state index in [2.05, 4.69) is 5.32 Å². The molecule has 1 N–H and O–H groups in total. The van der Waals surface area contributed by atoms with Crippen molar-refractivity contribution >= 4 is 17.5 Å². The van der Waals surface area contributed by atoms with Crippen LogP contribution in [-0.2, 0) is 4.79 Å². The van der Waals surface area contributed by atoms with Gasteiger partial charge in [0.05, 0.1) is 7.11 Å². The van der Waals surface area contributed by atoms with Crippen molar-refractivity contribution in [3.05, 3.63) is 59.7 Å². The summed E-state index contributed by atoms with van der Waals surface area (Å²) in [5.41, 5.74) is 2.56. The smallest absolute Gasteiger partial charge is 0.251 e. The van der Waals surface area contributed by atoms with Crippen molar-refractivity contribution in [1.82, 2.24) is 5.32 Å². The quantitative estimate of drug-likeness (QED) is 0.912. The van der Waals surface area contributed by atoms with E-state index in [0.717, 1.165) is 17.0 Å². The molecule has 3 rings (SSSR count). The molecule has 0 saturated carbocycles. The number of ether oxygens (including phenoxy) is 1. The van der Waals surface area contributed by atoms with Crippen LogP contribution in [0.25, 0.3) is 0 Å². The zero-order chi connectivity index (χ0) is 17.8. The van der Waals surface area contributed by atoms with E-state index in [-0.39, 0.29) is 17.7 Å². The van der Waals surface area contributed by atoms with Crippen LogP contribution in [-0.4, -0.2) is 32.0 Å². The standard InChI is InChI=1S/C20H22N2O3/c1-14-4-3-5-16(10-14)20(24)21-12-15-11-19(23)22(13-15)17-6-8-18(25-2)9-7-17/h3-10,15H,11-13H2,1-2H3,(H,21,24)/t15-/m1/s1. The highest BCUT2D eigenvalue weighted by molar-refractivity contribution is 5.96. The average Bonchev–Trinajstić information content (AvgIpc) is 3.00. The molecule has 130 valence electrons. The summed E-state index contributed by atoms with van der Waals surface area (Å²) in [6.45, 7) is 3.06. The van der Waals surface area contributed by atoms with E-state index in [9.17, 15) is 9.59 Å². The Morgan fingerprint density at radius 1 is 1.24 bits per heavy atom. The predicted octanol–water partition coefficient (Wildman–Crippen LogP) is 2.79. The number of rotatable bonds is 5. The van der Waals surface area contributed by atoms with Gasteiger partial charge in [-0.1, -0.05) is 17.7 Å². The molecule has 0 bridgehead atoms. The molecular formula is C20H22N2O3. The van der Waals surface area contributed by atoms with Crippen LogP contribution in [0.2, 0.25) is 0 Å². The summed E-state index contributed by atoms with van der Waals surface area (Å²) in [4.78, 5) is 26.3. The molecule has 0 spiro atoms. The molecule has 1 aliphatic rings. The highest BCUT2D eigenvalue weighted by Crippen LogP contribution is 2.26. The first kappa shape index (κ1) is 17.0. The van der Waals surface area contributed by atoms with Gasteiger partial charge in [-0.25, -0.2) is 0 Å². The Labute approximate surface area is 147 Å². The zero-order valence-electron chi connectivity index (χ0n) is 14.5. The van der Waals surface area contributed by atoms with Gasteiger partial charge in [0.2, 0.25) is 5.91 Å². The highest BCUT2D eigenvalue weighted by atomic mass is 16.5. The lowest BCUT2D eigenvalue weighted by Gasteiger charge is -2.17. The molecule has 2 aromatic carbocycles. The van der Waals surface area contributed by atoms with Crippen LogP contribution in [0.4, 0.5) is 5.69 Å². The van der Waals surface area contributed by atoms with Crippen LogP contribution < -0.4 is 15.0 Å². The molecule has 0 aromatic heterocycles. The van der Waals surface area contributed by atoms with Crippen LogP contribution in [0.5, 0.6) is 5.75 Å². The number of carbonyl (C=O) groups is 2. The Hall–Kier alpha value is -2.82. The number of anilines is 1. The lowest BCUT2D eigenvalue weighted by atomic mass is 10.1. The van der Waals surface area contributed by atoms with E-state index >= 15 is 0 Å². The normalized spacial score (nSPS) is 16.8. The van der Waals surface area contributed by atoms with Crippen molar-refractivity contribution < 1.29 is 14.3 Å². The second kappa shape index (κ2) is 7.38. The molecule has 5 heteroatoms. The molecule has 2 amide bonds. The summed E-state index contributed by atoms with van der Waals surface area (Å²) < 4.78 is 5.14. The van der Waals surface area contributed by atoms with Gasteiger partial charge in [0, 0.05) is 36.7 Å². The van der Waals surface area contributed by atoms with E-state index in [1.54, 1.807) is 18.1 Å². The number of amides is 2. The Kier molecular flexibility index (Phi) is 5.03. The molecule has 0 aliphatic carbocycles. The first-order valence-corrected chi connectivity index (χ1v) is 8.36. The number of benzene rings is 2. The number of hydrogen-bond donors (Lipinski definition) is 1. The monoisotopic (exact) mass is 338 g/mol. The van der Waals surface area contributed by atoms with Crippen LogP contribution in [0.15, 0.2) is 48.5 Å². The number of aryl methyl sites for hydroxylation is 1. The molecule has 2 aromatic rings. The van der Waals surface area contributed by atoms with Gasteiger partial charge in [0.25, 0.3) is 5.91 Å². The van der Waals surface area contributed by atoms with Crippen LogP contribution >= 0.6 is 0 Å². The largest absolute Gasteiger partial charge is 0.497 e. The summed E-state index contributed by atoms with van der Waals surface area (Å²) in [6.07, 6.45) is 0.445. The van der Waals surface area contributed by atoms with Gasteiger partial charge in [-0.15, -0.1) is 0 Å². The summed E-state index contributed by atoms with van der Waals surface area (Å²) in [7, 11) is 1.61. The van der Waals surface area contributed by atoms with E-state index in [1.165, 1.54) is 0 Å². The lowest BCUT2D eigenvalue weighted by Crippen LogP contribution is -2.31. The second-order valence-electron chi connectivity index (χ2n) is 6.35. The van der Waals surface area contributed by atoms with Crippen molar-refractivity contribution in [3.63, 3.8) is 0 Å². The van der Waals surface area contributed by atoms with E-state index < -0.39 is 0 Å². The van der Waals surface area contributed by atoms with Crippen molar-refractivity contribution in [2.75, 3.05) is 25.1 Å². The molecular weight excluding hydrogens is 316 g/mol. The third-order valence-electron chi connectivity index (χ3n) is 4.42. The van der Waals surface area contributed by atoms with Gasteiger partial charge in [0.1, 0.15) is 5.75 Å². The number of nitrogens with one attached hydrogen (secondary N) is 1. The summed E-state index contributed by atoms with van der Waals surface area (Å²) in [5.74, 6) is 0.861. The van der Waals surface area contributed by atoms with Gasteiger partial charge in [0.15, 0.2) is 0 Å². The fraction of sp³-hybridized carbons (Fsp3) is 0.300. The molecule has 1 heterocycles. The van der Waals surface area contributed by atoms with Gasteiger partial charge in [-0.05, 0) is 43.3 Å². The third kappa shape index (κ3) is 3.99. The fourth-order valence-corrected chi connectivity index (χ4v) is 3.06. The van der Waals surface area contributed by atoms with Crippen LogP contribution in [0.3, 0.4) is 0 Å². The minimum atomic E-state index is -0.0981. The topological polar surface area (TPSA) is 58.6 Å². The van der Waals surface area contributed by atoms with Crippen molar-refractivity contribution in [2.45, 2.75) is 13.3 Å². The molecule has 0 unspecified atom stereocenters. The van der Waals surface area contributed by atoms with Gasteiger partial charge >= 0.3 is 0 Å². The van der Waals surface area contributed by atoms with Gasteiger partial charge < -0.3 is 15.0 Å². The molecule has 1 fully saturated rings. The maximum atomic E-state index is 12.3. The van der Waals surface area contributed by atoms with Crippen molar-refractivity contribution in [3.8, 4) is 5.75 Å². The minimum absolute atomic E-state index is 0.0833. The molecule has 1 aliphatic heterocycles. The van der Waals surface area contributed by atoms with Crippen LogP contribution in [0.1, 0.15) is 22.3 Å². The highest BCUT2D eigenvalue weighted by Gasteiger charge is 2.30. The Balaban J connectivity index is 1.58. The number of nitrogens with zero attached hydrogens (tertiary/aromatic N) is 1. The Bertz CT molecular complexity index is 771. The SMILES string of the molecule is COc1ccc(N2C[C@@H](CNC(=O)c3cccc(C)c3)CC2=O)cc1. The molecule has 5 nitrogen and oxygen atoms in total. The molecule has 0 radical (unpaired) electrons. The molecule has 1 atom stereocenters. The molecule has 25 heavy (non-hydrogen) atoms. The number of carbonyl (C=O) groups excluding carboxylic acids is 2. The fourth-order valence-electron chi connectivity index (χ4n) is 3.06. The zero-order valence-corrected chi connectivity index (χ0v) is 14.5. The van der Waals surface area contributed by atoms with Gasteiger partial charge in [-0.2, -0.15) is 0 Å². The van der Waals surface area contributed by atoms with E-state index in [0.29, 0.717) is 25.1 Å². The number of methoxy groups -OCH3 is 1.